The summed E-state index contributed by atoms with van der Waals surface area (Å²) in [6.45, 7) is 0. The number of hydrogen-bond acceptors (Lipinski definition) is 1. The van der Waals surface area contributed by atoms with Crippen LogP contribution in [-0.4, -0.2) is 5.11 Å². The van der Waals surface area contributed by atoms with Crippen molar-refractivity contribution in [2.24, 2.45) is 0 Å². The lowest BCUT2D eigenvalue weighted by Crippen LogP contribution is -1.87. The van der Waals surface area contributed by atoms with E-state index in [2.05, 4.69) is 15.9 Å². The van der Waals surface area contributed by atoms with E-state index in [4.69, 9.17) is 23.2 Å². The fraction of sp³-hybridized carbons (Fsp3) is 0. The molecule has 2 rings (SSSR count). The first-order valence-electron chi connectivity index (χ1n) is 4.63. The minimum Gasteiger partial charge on any atom is -0.506 e. The Hall–Kier alpha value is -0.770. The molecule has 0 spiro atoms. The van der Waals surface area contributed by atoms with E-state index >= 15 is 0 Å². The van der Waals surface area contributed by atoms with Crippen molar-refractivity contribution in [1.29, 1.82) is 0 Å². The van der Waals surface area contributed by atoms with Gasteiger partial charge in [0.25, 0.3) is 0 Å². The van der Waals surface area contributed by atoms with Crippen molar-refractivity contribution in [3.8, 4) is 16.9 Å². The molecule has 1 nitrogen and oxygen atoms in total. The van der Waals surface area contributed by atoms with Crippen LogP contribution < -0.4 is 0 Å². The Morgan fingerprint density at radius 1 is 1.18 bits per heavy atom. The van der Waals surface area contributed by atoms with Crippen molar-refractivity contribution >= 4 is 39.1 Å². The lowest BCUT2D eigenvalue weighted by atomic mass is 10.0. The predicted molar refractivity (Wildman–Crippen MR) is 71.2 cm³/mol. The molecule has 0 aliphatic carbocycles. The fourth-order valence-corrected chi connectivity index (χ4v) is 2.56. The van der Waals surface area contributed by atoms with Crippen LogP contribution >= 0.6 is 39.1 Å². The number of rotatable bonds is 1. The Morgan fingerprint density at radius 3 is 2.53 bits per heavy atom. The molecule has 5 heteroatoms. The standard InChI is InChI=1S/C12H6BrCl2FO/c13-8-2-1-3-10(16)11(8)7-4-6(14)5-9(15)12(7)17/h1-5,17H. The monoisotopic (exact) mass is 334 g/mol. The predicted octanol–water partition coefficient (Wildman–Crippen LogP) is 5.27. The molecule has 0 aromatic heterocycles. The molecule has 0 radical (unpaired) electrons. The summed E-state index contributed by atoms with van der Waals surface area (Å²) in [7, 11) is 0. The zero-order chi connectivity index (χ0) is 12.6. The molecule has 0 fully saturated rings. The maximum Gasteiger partial charge on any atom is 0.142 e. The van der Waals surface area contributed by atoms with Gasteiger partial charge in [-0.05, 0) is 24.3 Å². The Morgan fingerprint density at radius 2 is 1.88 bits per heavy atom. The van der Waals surface area contributed by atoms with Crippen LogP contribution in [0.25, 0.3) is 11.1 Å². The highest BCUT2D eigenvalue weighted by Gasteiger charge is 2.16. The van der Waals surface area contributed by atoms with E-state index < -0.39 is 5.82 Å². The van der Waals surface area contributed by atoms with Crippen molar-refractivity contribution in [2.75, 3.05) is 0 Å². The SMILES string of the molecule is Oc1c(Cl)cc(Cl)cc1-c1c(F)cccc1Br. The van der Waals surface area contributed by atoms with Crippen molar-refractivity contribution in [3.05, 3.63) is 50.7 Å². The van der Waals surface area contributed by atoms with Gasteiger partial charge in [0.1, 0.15) is 11.6 Å². The third-order valence-electron chi connectivity index (χ3n) is 2.26. The topological polar surface area (TPSA) is 20.2 Å². The second-order valence-electron chi connectivity index (χ2n) is 3.38. The molecule has 1 N–H and O–H groups in total. The van der Waals surface area contributed by atoms with Crippen LogP contribution in [-0.2, 0) is 0 Å². The molecule has 0 bridgehead atoms. The molecule has 0 amide bonds. The Balaban J connectivity index is 2.77. The molecule has 0 saturated heterocycles. The van der Waals surface area contributed by atoms with Gasteiger partial charge in [-0.2, -0.15) is 0 Å². The highest BCUT2D eigenvalue weighted by atomic mass is 79.9. The molecule has 0 aliphatic heterocycles. The van der Waals surface area contributed by atoms with Gasteiger partial charge >= 0.3 is 0 Å². The Kier molecular flexibility index (Phi) is 3.61. The summed E-state index contributed by atoms with van der Waals surface area (Å²) in [6, 6.07) is 7.40. The number of hydrogen-bond donors (Lipinski definition) is 1. The summed E-state index contributed by atoms with van der Waals surface area (Å²) < 4.78 is 14.3. The molecule has 2 aromatic carbocycles. The molecule has 0 aliphatic rings. The lowest BCUT2D eigenvalue weighted by molar-refractivity contribution is 0.477. The van der Waals surface area contributed by atoms with Gasteiger partial charge in [0.05, 0.1) is 5.02 Å². The van der Waals surface area contributed by atoms with Crippen LogP contribution in [0.1, 0.15) is 0 Å². The van der Waals surface area contributed by atoms with Gasteiger partial charge in [0, 0.05) is 20.6 Å². The summed E-state index contributed by atoms with van der Waals surface area (Å²) in [6.07, 6.45) is 0. The summed E-state index contributed by atoms with van der Waals surface area (Å²) >= 11 is 14.9. The third kappa shape index (κ3) is 2.41. The molecule has 0 heterocycles. The molecular weight excluding hydrogens is 330 g/mol. The Labute approximate surface area is 116 Å². The van der Waals surface area contributed by atoms with Crippen LogP contribution in [0.3, 0.4) is 0 Å². The quantitative estimate of drug-likeness (QED) is 0.752. The highest BCUT2D eigenvalue weighted by Crippen LogP contribution is 2.41. The third-order valence-corrected chi connectivity index (χ3v) is 3.43. The number of aromatic hydroxyl groups is 1. The molecule has 88 valence electrons. The summed E-state index contributed by atoms with van der Waals surface area (Å²) in [5.41, 5.74) is 0.488. The molecule has 0 unspecified atom stereocenters. The highest BCUT2D eigenvalue weighted by molar-refractivity contribution is 9.10. The van der Waals surface area contributed by atoms with Gasteiger partial charge in [0.15, 0.2) is 0 Å². The first-order chi connectivity index (χ1) is 8.00. The van der Waals surface area contributed by atoms with Gasteiger partial charge in [0.2, 0.25) is 0 Å². The molecule has 17 heavy (non-hydrogen) atoms. The average molecular weight is 336 g/mol. The summed E-state index contributed by atoms with van der Waals surface area (Å²) in [5, 5.41) is 10.3. The van der Waals surface area contributed by atoms with Gasteiger partial charge in [-0.15, -0.1) is 0 Å². The van der Waals surface area contributed by atoms with Crippen molar-refractivity contribution in [2.45, 2.75) is 0 Å². The Bertz CT molecular complexity index is 567. The normalized spacial score (nSPS) is 10.6. The second kappa shape index (κ2) is 4.84. The van der Waals surface area contributed by atoms with Crippen LogP contribution in [0.15, 0.2) is 34.8 Å². The van der Waals surface area contributed by atoms with E-state index in [0.29, 0.717) is 9.50 Å². The van der Waals surface area contributed by atoms with Gasteiger partial charge < -0.3 is 5.11 Å². The van der Waals surface area contributed by atoms with Gasteiger partial charge in [-0.25, -0.2) is 4.39 Å². The molecule has 2 aromatic rings. The molecular formula is C12H6BrCl2FO. The van der Waals surface area contributed by atoms with E-state index in [9.17, 15) is 9.50 Å². The van der Waals surface area contributed by atoms with Gasteiger partial charge in [-0.1, -0.05) is 45.2 Å². The average Bonchev–Trinajstić information content (AvgIpc) is 2.24. The van der Waals surface area contributed by atoms with Crippen LogP contribution in [0.4, 0.5) is 4.39 Å². The van der Waals surface area contributed by atoms with E-state index in [1.165, 1.54) is 18.2 Å². The summed E-state index contributed by atoms with van der Waals surface area (Å²) in [5.74, 6) is -0.658. The van der Waals surface area contributed by atoms with Crippen molar-refractivity contribution in [1.82, 2.24) is 0 Å². The van der Waals surface area contributed by atoms with Crippen LogP contribution in [0.5, 0.6) is 5.75 Å². The number of halogens is 4. The van der Waals surface area contributed by atoms with E-state index in [1.54, 1.807) is 12.1 Å². The molecule has 0 saturated carbocycles. The first-order valence-corrected chi connectivity index (χ1v) is 6.18. The number of phenolic OH excluding ortho intramolecular Hbond substituents is 1. The maximum absolute atomic E-state index is 13.8. The van der Waals surface area contributed by atoms with Crippen molar-refractivity contribution in [3.63, 3.8) is 0 Å². The zero-order valence-electron chi connectivity index (χ0n) is 8.35. The van der Waals surface area contributed by atoms with Crippen LogP contribution in [0.2, 0.25) is 10.0 Å². The van der Waals surface area contributed by atoms with E-state index in [-0.39, 0.29) is 21.9 Å². The first kappa shape index (κ1) is 12.7. The lowest BCUT2D eigenvalue weighted by Gasteiger charge is -2.10. The smallest absolute Gasteiger partial charge is 0.142 e. The minimum absolute atomic E-state index is 0.0858. The van der Waals surface area contributed by atoms with E-state index in [0.717, 1.165) is 0 Å². The second-order valence-corrected chi connectivity index (χ2v) is 5.08. The summed E-state index contributed by atoms with van der Waals surface area (Å²) in [4.78, 5) is 0. The van der Waals surface area contributed by atoms with Gasteiger partial charge in [-0.3, -0.25) is 0 Å². The van der Waals surface area contributed by atoms with Crippen molar-refractivity contribution < 1.29 is 9.50 Å². The zero-order valence-corrected chi connectivity index (χ0v) is 11.4. The fourth-order valence-electron chi connectivity index (χ4n) is 1.51. The molecule has 0 atom stereocenters. The van der Waals surface area contributed by atoms with E-state index in [1.807, 2.05) is 0 Å². The minimum atomic E-state index is -0.465. The maximum atomic E-state index is 13.8. The van der Waals surface area contributed by atoms with Crippen LogP contribution in [0, 0.1) is 5.82 Å². The number of phenols is 1. The number of benzene rings is 2. The largest absolute Gasteiger partial charge is 0.506 e.